The Labute approximate surface area is 201 Å². The van der Waals surface area contributed by atoms with E-state index in [1.54, 1.807) is 36.4 Å². The van der Waals surface area contributed by atoms with E-state index in [-0.39, 0.29) is 25.6 Å². The number of benzene rings is 3. The number of hydrogen-bond donors (Lipinski definition) is 1. The van der Waals surface area contributed by atoms with E-state index >= 15 is 0 Å². The minimum absolute atomic E-state index is 0.123. The molecule has 6 nitrogen and oxygen atoms in total. The van der Waals surface area contributed by atoms with Crippen molar-refractivity contribution in [2.45, 2.75) is 12.3 Å². The first-order valence-corrected chi connectivity index (χ1v) is 11.0. The highest BCUT2D eigenvalue weighted by Gasteiger charge is 2.26. The Morgan fingerprint density at radius 2 is 1.88 bits per heavy atom. The van der Waals surface area contributed by atoms with Crippen molar-refractivity contribution in [3.05, 3.63) is 81.3 Å². The number of aliphatic hydroxyl groups excluding tert-OH is 1. The third-order valence-corrected chi connectivity index (χ3v) is 6.13. The van der Waals surface area contributed by atoms with Crippen LogP contribution >= 0.6 is 23.2 Å². The Kier molecular flexibility index (Phi) is 8.29. The number of hydrogen-bond acceptors (Lipinski definition) is 5. The van der Waals surface area contributed by atoms with E-state index in [0.29, 0.717) is 33.0 Å². The molecule has 1 unspecified atom stereocenters. The van der Waals surface area contributed by atoms with Crippen LogP contribution in [0.2, 0.25) is 10.0 Å². The molecule has 0 radical (unpaired) electrons. The Bertz CT molecular complexity index is 1220. The van der Waals surface area contributed by atoms with Crippen molar-refractivity contribution in [2.75, 3.05) is 26.8 Å². The summed E-state index contributed by atoms with van der Waals surface area (Å²) in [6, 6.07) is 17.7. The number of ether oxygens (including phenoxy) is 1. The molecule has 0 aromatic heterocycles. The van der Waals surface area contributed by atoms with E-state index in [1.165, 1.54) is 18.1 Å². The van der Waals surface area contributed by atoms with Gasteiger partial charge in [-0.2, -0.15) is 5.26 Å². The third kappa shape index (κ3) is 5.82. The van der Waals surface area contributed by atoms with Crippen LogP contribution in [0.4, 0.5) is 0 Å². The highest BCUT2D eigenvalue weighted by Crippen LogP contribution is 2.30. The lowest BCUT2D eigenvalue weighted by Gasteiger charge is -2.28. The standard InChI is InChI=1S/C25H22Cl2N2O4/c1-33-24(31)15-29(14-19(8-9-30)17-6-7-22(26)23(27)12-17)25(32)21-11-16(13-28)10-18-4-2-3-5-20(18)21/h2-7,10-12,19,30H,8-9,14-15H2,1H3. The largest absolute Gasteiger partial charge is 0.468 e. The van der Waals surface area contributed by atoms with Crippen LogP contribution in [0.3, 0.4) is 0 Å². The maximum atomic E-state index is 13.7. The first-order chi connectivity index (χ1) is 15.9. The summed E-state index contributed by atoms with van der Waals surface area (Å²) >= 11 is 12.2. The molecule has 0 aliphatic rings. The van der Waals surface area contributed by atoms with Crippen molar-refractivity contribution >= 4 is 45.9 Å². The van der Waals surface area contributed by atoms with E-state index in [1.807, 2.05) is 12.1 Å². The van der Waals surface area contributed by atoms with Gasteiger partial charge in [-0.05, 0) is 47.0 Å². The summed E-state index contributed by atoms with van der Waals surface area (Å²) in [7, 11) is 1.25. The number of carbonyl (C=O) groups excluding carboxylic acids is 2. The van der Waals surface area contributed by atoms with Crippen molar-refractivity contribution in [2.24, 2.45) is 0 Å². The molecule has 0 saturated heterocycles. The molecule has 3 aromatic carbocycles. The number of rotatable bonds is 8. The van der Waals surface area contributed by atoms with Gasteiger partial charge in [0, 0.05) is 24.6 Å². The summed E-state index contributed by atoms with van der Waals surface area (Å²) in [5, 5.41) is 21.2. The van der Waals surface area contributed by atoms with Crippen molar-refractivity contribution in [1.82, 2.24) is 4.90 Å². The second-order valence-corrected chi connectivity index (χ2v) is 8.32. The maximum absolute atomic E-state index is 13.7. The van der Waals surface area contributed by atoms with Crippen LogP contribution in [0.5, 0.6) is 0 Å². The molecular formula is C25H22Cl2N2O4. The van der Waals surface area contributed by atoms with E-state index in [2.05, 4.69) is 6.07 Å². The molecule has 0 spiro atoms. The normalized spacial score (nSPS) is 11.6. The van der Waals surface area contributed by atoms with Crippen LogP contribution < -0.4 is 0 Å². The number of amides is 1. The van der Waals surface area contributed by atoms with Crippen LogP contribution in [-0.4, -0.2) is 48.7 Å². The zero-order valence-electron chi connectivity index (χ0n) is 17.9. The second-order valence-electron chi connectivity index (χ2n) is 7.50. The molecule has 1 amide bonds. The summed E-state index contributed by atoms with van der Waals surface area (Å²) in [5.41, 5.74) is 1.42. The van der Waals surface area contributed by atoms with Crippen LogP contribution in [0, 0.1) is 11.3 Å². The topological polar surface area (TPSA) is 90.6 Å². The zero-order valence-corrected chi connectivity index (χ0v) is 19.4. The van der Waals surface area contributed by atoms with Gasteiger partial charge in [-0.3, -0.25) is 9.59 Å². The van der Waals surface area contributed by atoms with Gasteiger partial charge in [-0.15, -0.1) is 0 Å². The first kappa shape index (κ1) is 24.5. The van der Waals surface area contributed by atoms with Crippen molar-refractivity contribution < 1.29 is 19.4 Å². The Morgan fingerprint density at radius 3 is 2.55 bits per heavy atom. The van der Waals surface area contributed by atoms with Crippen LogP contribution in [-0.2, 0) is 9.53 Å². The lowest BCUT2D eigenvalue weighted by molar-refractivity contribution is -0.141. The number of fused-ring (bicyclic) bond motifs is 1. The highest BCUT2D eigenvalue weighted by molar-refractivity contribution is 6.42. The van der Waals surface area contributed by atoms with Gasteiger partial charge in [-0.25, -0.2) is 0 Å². The number of carbonyl (C=O) groups is 2. The first-order valence-electron chi connectivity index (χ1n) is 10.2. The molecule has 8 heteroatoms. The number of nitrogens with zero attached hydrogens (tertiary/aromatic N) is 2. The maximum Gasteiger partial charge on any atom is 0.325 e. The Morgan fingerprint density at radius 1 is 1.12 bits per heavy atom. The van der Waals surface area contributed by atoms with E-state index in [0.717, 1.165) is 10.9 Å². The molecular weight excluding hydrogens is 463 g/mol. The van der Waals surface area contributed by atoms with Crippen molar-refractivity contribution in [3.63, 3.8) is 0 Å². The zero-order chi connectivity index (χ0) is 24.0. The molecule has 0 bridgehead atoms. The molecule has 33 heavy (non-hydrogen) atoms. The molecule has 170 valence electrons. The van der Waals surface area contributed by atoms with Gasteiger partial charge >= 0.3 is 5.97 Å². The second kappa shape index (κ2) is 11.2. The molecule has 1 atom stereocenters. The number of esters is 1. The molecule has 0 fully saturated rings. The number of nitriles is 1. The predicted octanol–water partition coefficient (Wildman–Crippen LogP) is 4.80. The van der Waals surface area contributed by atoms with E-state index in [9.17, 15) is 20.0 Å². The van der Waals surface area contributed by atoms with Crippen molar-refractivity contribution in [3.8, 4) is 6.07 Å². The van der Waals surface area contributed by atoms with Crippen molar-refractivity contribution in [1.29, 1.82) is 5.26 Å². The van der Waals surface area contributed by atoms with Gasteiger partial charge in [-0.1, -0.05) is 53.5 Å². The molecule has 0 saturated carbocycles. The van der Waals surface area contributed by atoms with Gasteiger partial charge in [0.05, 0.1) is 28.8 Å². The Balaban J connectivity index is 2.04. The van der Waals surface area contributed by atoms with E-state index < -0.39 is 11.9 Å². The molecule has 1 N–H and O–H groups in total. The number of aliphatic hydroxyl groups is 1. The minimum Gasteiger partial charge on any atom is -0.468 e. The monoisotopic (exact) mass is 484 g/mol. The van der Waals surface area contributed by atoms with Crippen LogP contribution in [0.1, 0.15) is 33.8 Å². The van der Waals surface area contributed by atoms with Gasteiger partial charge in [0.1, 0.15) is 6.54 Å². The average molecular weight is 485 g/mol. The quantitative estimate of drug-likeness (QED) is 0.463. The summed E-state index contributed by atoms with van der Waals surface area (Å²) in [6.07, 6.45) is 0.335. The number of methoxy groups -OCH3 is 1. The SMILES string of the molecule is COC(=O)CN(CC(CCO)c1ccc(Cl)c(Cl)c1)C(=O)c1cc(C#N)cc2ccccc12. The van der Waals surface area contributed by atoms with Gasteiger partial charge < -0.3 is 14.7 Å². The summed E-state index contributed by atoms with van der Waals surface area (Å²) in [4.78, 5) is 27.2. The fourth-order valence-electron chi connectivity index (χ4n) is 3.71. The third-order valence-electron chi connectivity index (χ3n) is 5.39. The number of halogens is 2. The van der Waals surface area contributed by atoms with Gasteiger partial charge in [0.2, 0.25) is 0 Å². The fraction of sp³-hybridized carbons (Fsp3) is 0.240. The average Bonchev–Trinajstić information content (AvgIpc) is 2.83. The molecule has 0 heterocycles. The summed E-state index contributed by atoms with van der Waals surface area (Å²) < 4.78 is 4.81. The van der Waals surface area contributed by atoms with Crippen LogP contribution in [0.15, 0.2) is 54.6 Å². The van der Waals surface area contributed by atoms with Crippen LogP contribution in [0.25, 0.3) is 10.8 Å². The lowest BCUT2D eigenvalue weighted by atomic mass is 9.94. The molecule has 0 aliphatic heterocycles. The van der Waals surface area contributed by atoms with Gasteiger partial charge in [0.15, 0.2) is 0 Å². The smallest absolute Gasteiger partial charge is 0.325 e. The predicted molar refractivity (Wildman–Crippen MR) is 127 cm³/mol. The summed E-state index contributed by atoms with van der Waals surface area (Å²) in [6.45, 7) is -0.292. The van der Waals surface area contributed by atoms with E-state index in [4.69, 9.17) is 27.9 Å². The fourth-order valence-corrected chi connectivity index (χ4v) is 4.02. The van der Waals surface area contributed by atoms with Gasteiger partial charge in [0.25, 0.3) is 5.91 Å². The molecule has 3 rings (SSSR count). The molecule has 3 aromatic rings. The highest BCUT2D eigenvalue weighted by atomic mass is 35.5. The lowest BCUT2D eigenvalue weighted by Crippen LogP contribution is -2.39. The molecule has 0 aliphatic carbocycles. The summed E-state index contributed by atoms with van der Waals surface area (Å²) in [5.74, 6) is -1.32. The minimum atomic E-state index is -0.582. The Hall–Kier alpha value is -3.11.